The molecule has 1 saturated heterocycles. The number of ether oxygens (including phenoxy) is 1. The Morgan fingerprint density at radius 1 is 1.10 bits per heavy atom. The summed E-state index contributed by atoms with van der Waals surface area (Å²) >= 11 is 0. The number of likely N-dealkylation sites (N-methyl/N-ethyl adjacent to an activating group) is 1. The lowest BCUT2D eigenvalue weighted by atomic mass is 9.81. The van der Waals surface area contributed by atoms with Gasteiger partial charge in [0.15, 0.2) is 5.54 Å². The maximum atomic E-state index is 14.0. The molecule has 6 heteroatoms. The van der Waals surface area contributed by atoms with Crippen LogP contribution in [-0.4, -0.2) is 49.1 Å². The summed E-state index contributed by atoms with van der Waals surface area (Å²) in [6.07, 6.45) is -0.0872. The first-order valence-corrected chi connectivity index (χ1v) is 10.1. The number of para-hydroxylation sites is 1. The third-order valence-corrected chi connectivity index (χ3v) is 5.76. The standard InChI is InChI=1S/C24H31N3O3/c1-23(2,3)20-26(5)21(28)24(27(20)22(29)25-4,16-17-12-8-7-9-13-17)18-14-10-11-15-19(18)30-6/h7-15,20H,16H2,1-6H3,(H,25,29). The molecule has 0 aliphatic carbocycles. The number of nitrogens with one attached hydrogen (secondary N) is 1. The van der Waals surface area contributed by atoms with Crippen LogP contribution >= 0.6 is 0 Å². The number of rotatable bonds is 4. The van der Waals surface area contributed by atoms with E-state index < -0.39 is 11.7 Å². The van der Waals surface area contributed by atoms with Crippen molar-refractivity contribution in [1.82, 2.24) is 15.1 Å². The van der Waals surface area contributed by atoms with E-state index in [0.29, 0.717) is 17.7 Å². The summed E-state index contributed by atoms with van der Waals surface area (Å²) in [7, 11) is 4.96. The highest BCUT2D eigenvalue weighted by molar-refractivity contribution is 5.96. The van der Waals surface area contributed by atoms with Crippen molar-refractivity contribution in [2.24, 2.45) is 5.41 Å². The zero-order valence-electron chi connectivity index (χ0n) is 18.6. The molecular formula is C24H31N3O3. The molecule has 1 aliphatic heterocycles. The predicted molar refractivity (Wildman–Crippen MR) is 117 cm³/mol. The van der Waals surface area contributed by atoms with Gasteiger partial charge < -0.3 is 15.0 Å². The van der Waals surface area contributed by atoms with Crippen molar-refractivity contribution in [2.45, 2.75) is 38.9 Å². The lowest BCUT2D eigenvalue weighted by Gasteiger charge is -2.43. The van der Waals surface area contributed by atoms with E-state index in [2.05, 4.69) is 5.32 Å². The fraction of sp³-hybridized carbons (Fsp3) is 0.417. The normalized spacial score (nSPS) is 21.7. The minimum Gasteiger partial charge on any atom is -0.496 e. The third-order valence-electron chi connectivity index (χ3n) is 5.76. The number of hydrogen-bond acceptors (Lipinski definition) is 3. The molecule has 3 amide bonds. The van der Waals surface area contributed by atoms with E-state index in [9.17, 15) is 9.59 Å². The van der Waals surface area contributed by atoms with E-state index in [4.69, 9.17) is 4.74 Å². The maximum Gasteiger partial charge on any atom is 0.320 e. The Kier molecular flexibility index (Phi) is 5.79. The molecule has 0 aromatic heterocycles. The van der Waals surface area contributed by atoms with Crippen LogP contribution in [0.4, 0.5) is 4.79 Å². The van der Waals surface area contributed by atoms with E-state index in [0.717, 1.165) is 5.56 Å². The van der Waals surface area contributed by atoms with E-state index in [1.165, 1.54) is 0 Å². The number of amides is 3. The minimum absolute atomic E-state index is 0.126. The minimum atomic E-state index is -1.24. The molecular weight excluding hydrogens is 378 g/mol. The summed E-state index contributed by atoms with van der Waals surface area (Å²) in [6, 6.07) is 17.0. The smallest absolute Gasteiger partial charge is 0.320 e. The first-order valence-electron chi connectivity index (χ1n) is 10.1. The van der Waals surface area contributed by atoms with Gasteiger partial charge in [-0.1, -0.05) is 69.3 Å². The highest BCUT2D eigenvalue weighted by Gasteiger charge is 2.62. The highest BCUT2D eigenvalue weighted by Crippen LogP contribution is 2.48. The zero-order valence-corrected chi connectivity index (χ0v) is 18.6. The summed E-state index contributed by atoms with van der Waals surface area (Å²) in [5, 5.41) is 2.77. The zero-order chi connectivity index (χ0) is 22.1. The maximum absolute atomic E-state index is 14.0. The fourth-order valence-corrected chi connectivity index (χ4v) is 4.64. The number of methoxy groups -OCH3 is 1. The van der Waals surface area contributed by atoms with Crippen molar-refractivity contribution in [1.29, 1.82) is 0 Å². The molecule has 1 aliphatic rings. The van der Waals surface area contributed by atoms with E-state index in [1.807, 2.05) is 75.4 Å². The molecule has 30 heavy (non-hydrogen) atoms. The molecule has 0 radical (unpaired) electrons. The van der Waals surface area contributed by atoms with Crippen LogP contribution < -0.4 is 10.1 Å². The third kappa shape index (κ3) is 3.40. The Morgan fingerprint density at radius 2 is 1.70 bits per heavy atom. The second kappa shape index (κ2) is 8.01. The van der Waals surface area contributed by atoms with Crippen molar-refractivity contribution >= 4 is 11.9 Å². The van der Waals surface area contributed by atoms with Crippen LogP contribution in [0.3, 0.4) is 0 Å². The van der Waals surface area contributed by atoms with E-state index in [1.54, 1.807) is 31.0 Å². The van der Waals surface area contributed by atoms with Gasteiger partial charge in [-0.25, -0.2) is 4.79 Å². The average Bonchev–Trinajstić information content (AvgIpc) is 2.96. The van der Waals surface area contributed by atoms with Crippen LogP contribution in [0.25, 0.3) is 0 Å². The summed E-state index contributed by atoms with van der Waals surface area (Å²) in [5.74, 6) is 0.457. The molecule has 1 heterocycles. The highest BCUT2D eigenvalue weighted by atomic mass is 16.5. The number of carbonyl (C=O) groups is 2. The number of nitrogens with zero attached hydrogens (tertiary/aromatic N) is 2. The fourth-order valence-electron chi connectivity index (χ4n) is 4.64. The van der Waals surface area contributed by atoms with Crippen molar-refractivity contribution in [3.63, 3.8) is 0 Å². The Labute approximate surface area is 178 Å². The van der Waals surface area contributed by atoms with Gasteiger partial charge >= 0.3 is 6.03 Å². The number of carbonyl (C=O) groups excluding carboxylic acids is 2. The van der Waals surface area contributed by atoms with Gasteiger partial charge in [0, 0.05) is 31.5 Å². The largest absolute Gasteiger partial charge is 0.496 e. The molecule has 1 fully saturated rings. The molecule has 0 spiro atoms. The summed E-state index contributed by atoms with van der Waals surface area (Å²) in [5.41, 5.74) is 0.0511. The second-order valence-electron chi connectivity index (χ2n) is 8.80. The summed E-state index contributed by atoms with van der Waals surface area (Å²) < 4.78 is 5.66. The Bertz CT molecular complexity index is 923. The van der Waals surface area contributed by atoms with Crippen LogP contribution in [-0.2, 0) is 16.8 Å². The van der Waals surface area contributed by atoms with Gasteiger partial charge in [-0.15, -0.1) is 0 Å². The Hall–Kier alpha value is -3.02. The van der Waals surface area contributed by atoms with Gasteiger partial charge in [0.2, 0.25) is 0 Å². The van der Waals surface area contributed by atoms with Gasteiger partial charge in [-0.05, 0) is 11.6 Å². The molecule has 0 saturated carbocycles. The molecule has 3 rings (SSSR count). The molecule has 6 nitrogen and oxygen atoms in total. The van der Waals surface area contributed by atoms with Crippen molar-refractivity contribution < 1.29 is 14.3 Å². The van der Waals surface area contributed by atoms with Crippen LogP contribution in [0.1, 0.15) is 31.9 Å². The second-order valence-corrected chi connectivity index (χ2v) is 8.80. The molecule has 2 aromatic rings. The first kappa shape index (κ1) is 21.7. The predicted octanol–water partition coefficient (Wildman–Crippen LogP) is 3.62. The molecule has 2 unspecified atom stereocenters. The summed E-state index contributed by atoms with van der Waals surface area (Å²) in [4.78, 5) is 30.8. The van der Waals surface area contributed by atoms with Crippen molar-refractivity contribution in [3.05, 3.63) is 65.7 Å². The van der Waals surface area contributed by atoms with Gasteiger partial charge in [0.1, 0.15) is 11.9 Å². The molecule has 2 aromatic carbocycles. The lowest BCUT2D eigenvalue weighted by molar-refractivity contribution is -0.133. The quantitative estimate of drug-likeness (QED) is 0.839. The first-order chi connectivity index (χ1) is 14.2. The van der Waals surface area contributed by atoms with Crippen LogP contribution in [0.15, 0.2) is 54.6 Å². The average molecular weight is 410 g/mol. The molecule has 0 bridgehead atoms. The molecule has 2 atom stereocenters. The van der Waals surface area contributed by atoms with Gasteiger partial charge in [-0.3, -0.25) is 9.69 Å². The van der Waals surface area contributed by atoms with Crippen molar-refractivity contribution in [3.8, 4) is 5.75 Å². The van der Waals surface area contributed by atoms with Crippen LogP contribution in [0.5, 0.6) is 5.75 Å². The number of benzene rings is 2. The van der Waals surface area contributed by atoms with Gasteiger partial charge in [0.25, 0.3) is 5.91 Å². The number of hydrogen-bond donors (Lipinski definition) is 1. The number of urea groups is 1. The SMILES string of the molecule is CNC(=O)N1C(C(C)(C)C)N(C)C(=O)C1(Cc1ccccc1)c1ccccc1OC. The van der Waals surface area contributed by atoms with Gasteiger partial charge in [0.05, 0.1) is 7.11 Å². The Morgan fingerprint density at radius 3 is 2.27 bits per heavy atom. The van der Waals surface area contributed by atoms with Crippen LogP contribution in [0.2, 0.25) is 0 Å². The summed E-state index contributed by atoms with van der Waals surface area (Å²) in [6.45, 7) is 6.12. The van der Waals surface area contributed by atoms with Gasteiger partial charge in [-0.2, -0.15) is 0 Å². The molecule has 160 valence electrons. The monoisotopic (exact) mass is 409 g/mol. The van der Waals surface area contributed by atoms with Crippen molar-refractivity contribution in [2.75, 3.05) is 21.2 Å². The Balaban J connectivity index is 2.35. The topological polar surface area (TPSA) is 61.9 Å². The van der Waals surface area contributed by atoms with Crippen LogP contribution in [0, 0.1) is 5.41 Å². The lowest BCUT2D eigenvalue weighted by Crippen LogP contribution is -2.58. The molecule has 1 N–H and O–H groups in total. The van der Waals surface area contributed by atoms with E-state index >= 15 is 0 Å². The van der Waals surface area contributed by atoms with E-state index in [-0.39, 0.29) is 17.4 Å².